The zero-order chi connectivity index (χ0) is 16.3. The number of aromatic hydroxyl groups is 1. The molecule has 8 heteroatoms. The topological polar surface area (TPSA) is 111 Å². The van der Waals surface area contributed by atoms with Crippen LogP contribution in [-0.2, 0) is 0 Å². The zero-order valence-electron chi connectivity index (χ0n) is 12.5. The Morgan fingerprint density at radius 3 is 2.77 bits per heavy atom. The van der Waals surface area contributed by atoms with E-state index in [9.17, 15) is 15.0 Å². The quantitative estimate of drug-likeness (QED) is 0.476. The Labute approximate surface area is 127 Å². The molecule has 0 saturated carbocycles. The van der Waals surface area contributed by atoms with Gasteiger partial charge in [0.1, 0.15) is 17.0 Å². The molecule has 0 unspecified atom stereocenters. The molecule has 2 rings (SSSR count). The third-order valence-electron chi connectivity index (χ3n) is 3.22. The lowest BCUT2D eigenvalue weighted by Gasteiger charge is -2.24. The van der Waals surface area contributed by atoms with Crippen LogP contribution in [-0.4, -0.2) is 50.5 Å². The third-order valence-corrected chi connectivity index (χ3v) is 3.22. The van der Waals surface area contributed by atoms with Gasteiger partial charge in [0, 0.05) is 18.5 Å². The van der Waals surface area contributed by atoms with Crippen molar-refractivity contribution in [2.75, 3.05) is 23.5 Å². The number of rotatable bonds is 6. The molecule has 8 nitrogen and oxygen atoms in total. The predicted molar refractivity (Wildman–Crippen MR) is 83.0 cm³/mol. The Morgan fingerprint density at radius 2 is 2.18 bits per heavy atom. The standard InChI is InChI=1S/C14H20N4O4/c1-9(2)17(14(21)22)18-13-10(8-16-18)4-5-11(20)12(13)15-6-3-7-19/h4-5,8-9,15,19-20H,3,6-7H2,1-2H3,(H,21,22). The summed E-state index contributed by atoms with van der Waals surface area (Å²) in [6, 6.07) is 2.87. The van der Waals surface area contributed by atoms with E-state index in [0.717, 1.165) is 5.01 Å². The van der Waals surface area contributed by atoms with Crippen LogP contribution in [0.4, 0.5) is 10.5 Å². The summed E-state index contributed by atoms with van der Waals surface area (Å²) in [5, 5.41) is 37.3. The van der Waals surface area contributed by atoms with Gasteiger partial charge in [-0.25, -0.2) is 4.79 Å². The van der Waals surface area contributed by atoms with E-state index in [1.54, 1.807) is 26.1 Å². The first-order chi connectivity index (χ1) is 10.5. The van der Waals surface area contributed by atoms with E-state index in [0.29, 0.717) is 29.6 Å². The van der Waals surface area contributed by atoms with Crippen LogP contribution in [0, 0.1) is 0 Å². The van der Waals surface area contributed by atoms with E-state index in [1.165, 1.54) is 10.9 Å². The van der Waals surface area contributed by atoms with Crippen LogP contribution >= 0.6 is 0 Å². The minimum atomic E-state index is -1.13. The number of anilines is 1. The first-order valence-corrected chi connectivity index (χ1v) is 7.04. The van der Waals surface area contributed by atoms with Gasteiger partial charge in [0.25, 0.3) is 0 Å². The van der Waals surface area contributed by atoms with Crippen molar-refractivity contribution in [3.63, 3.8) is 0 Å². The summed E-state index contributed by atoms with van der Waals surface area (Å²) in [5.41, 5.74) is 0.879. The Hall–Kier alpha value is -2.48. The van der Waals surface area contributed by atoms with Crippen molar-refractivity contribution in [2.45, 2.75) is 26.3 Å². The first-order valence-electron chi connectivity index (χ1n) is 7.04. The molecule has 1 aromatic carbocycles. The Balaban J connectivity index is 2.56. The van der Waals surface area contributed by atoms with E-state index >= 15 is 0 Å². The molecule has 0 bridgehead atoms. The SMILES string of the molecule is CC(C)N(C(=O)O)n1ncc2ccc(O)c(NCCCO)c21. The van der Waals surface area contributed by atoms with Gasteiger partial charge in [-0.3, -0.25) is 0 Å². The number of carboxylic acid groups (broad SMARTS) is 1. The van der Waals surface area contributed by atoms with Crippen molar-refractivity contribution in [1.29, 1.82) is 0 Å². The van der Waals surface area contributed by atoms with Crippen LogP contribution < -0.4 is 10.3 Å². The molecule has 0 fully saturated rings. The second-order valence-electron chi connectivity index (χ2n) is 5.16. The number of hydrogen-bond donors (Lipinski definition) is 4. The van der Waals surface area contributed by atoms with Crippen molar-refractivity contribution in [1.82, 2.24) is 9.89 Å². The van der Waals surface area contributed by atoms with E-state index in [4.69, 9.17) is 5.11 Å². The number of fused-ring (bicyclic) bond motifs is 1. The van der Waals surface area contributed by atoms with Gasteiger partial charge in [-0.1, -0.05) is 0 Å². The lowest BCUT2D eigenvalue weighted by atomic mass is 10.2. The molecule has 0 atom stereocenters. The highest BCUT2D eigenvalue weighted by Gasteiger charge is 2.23. The maximum atomic E-state index is 11.5. The molecule has 0 aliphatic rings. The van der Waals surface area contributed by atoms with Crippen LogP contribution in [0.2, 0.25) is 0 Å². The van der Waals surface area contributed by atoms with Gasteiger partial charge in [0.2, 0.25) is 0 Å². The number of amides is 1. The summed E-state index contributed by atoms with van der Waals surface area (Å²) in [4.78, 5) is 12.8. The van der Waals surface area contributed by atoms with Crippen LogP contribution in [0.3, 0.4) is 0 Å². The number of phenolic OH excluding ortho intramolecular Hbond substituents is 1. The monoisotopic (exact) mass is 308 g/mol. The number of phenols is 1. The predicted octanol–water partition coefficient (Wildman–Crippen LogP) is 1.56. The van der Waals surface area contributed by atoms with E-state index < -0.39 is 6.09 Å². The smallest absolute Gasteiger partial charge is 0.428 e. The highest BCUT2D eigenvalue weighted by atomic mass is 16.4. The second kappa shape index (κ2) is 6.52. The fourth-order valence-corrected chi connectivity index (χ4v) is 2.24. The molecule has 4 N–H and O–H groups in total. The van der Waals surface area contributed by atoms with Gasteiger partial charge < -0.3 is 20.6 Å². The van der Waals surface area contributed by atoms with Crippen LogP contribution in [0.5, 0.6) is 5.75 Å². The first kappa shape index (κ1) is 15.9. The number of carbonyl (C=O) groups is 1. The van der Waals surface area contributed by atoms with E-state index in [1.807, 2.05) is 0 Å². The minimum absolute atomic E-state index is 0.00119. The number of benzene rings is 1. The minimum Gasteiger partial charge on any atom is -0.506 e. The van der Waals surface area contributed by atoms with Crippen molar-refractivity contribution >= 4 is 22.7 Å². The number of aromatic nitrogens is 2. The molecular weight excluding hydrogens is 288 g/mol. The Kier molecular flexibility index (Phi) is 4.71. The summed E-state index contributed by atoms with van der Waals surface area (Å²) >= 11 is 0. The average molecular weight is 308 g/mol. The Bertz CT molecular complexity index is 668. The van der Waals surface area contributed by atoms with Crippen molar-refractivity contribution in [3.05, 3.63) is 18.3 Å². The van der Waals surface area contributed by atoms with Crippen molar-refractivity contribution in [2.24, 2.45) is 0 Å². The average Bonchev–Trinajstić information content (AvgIpc) is 2.85. The molecular formula is C14H20N4O4. The molecule has 1 amide bonds. The molecule has 2 aromatic rings. The van der Waals surface area contributed by atoms with Gasteiger partial charge in [0.05, 0.1) is 12.2 Å². The van der Waals surface area contributed by atoms with Crippen molar-refractivity contribution in [3.8, 4) is 5.75 Å². The second-order valence-corrected chi connectivity index (χ2v) is 5.16. The summed E-state index contributed by atoms with van der Waals surface area (Å²) < 4.78 is 0. The number of nitrogens with zero attached hydrogens (tertiary/aromatic N) is 3. The summed E-state index contributed by atoms with van der Waals surface area (Å²) in [6.07, 6.45) is 0.922. The molecule has 1 heterocycles. The van der Waals surface area contributed by atoms with Crippen LogP contribution in [0.15, 0.2) is 18.3 Å². The third kappa shape index (κ3) is 2.91. The summed E-state index contributed by atoms with van der Waals surface area (Å²) in [6.45, 7) is 3.95. The van der Waals surface area contributed by atoms with Gasteiger partial charge in [-0.15, -0.1) is 0 Å². The lowest BCUT2D eigenvalue weighted by Crippen LogP contribution is -2.45. The molecule has 1 aromatic heterocycles. The highest BCUT2D eigenvalue weighted by molar-refractivity contribution is 5.95. The zero-order valence-corrected chi connectivity index (χ0v) is 12.5. The van der Waals surface area contributed by atoms with Gasteiger partial charge in [-0.2, -0.15) is 14.9 Å². The normalized spacial score (nSPS) is 11.1. The fourth-order valence-electron chi connectivity index (χ4n) is 2.24. The van der Waals surface area contributed by atoms with Gasteiger partial charge >= 0.3 is 6.09 Å². The fraction of sp³-hybridized carbons (Fsp3) is 0.429. The number of aliphatic hydroxyl groups excluding tert-OH is 1. The maximum Gasteiger partial charge on any atom is 0.428 e. The van der Waals surface area contributed by atoms with Crippen LogP contribution in [0.1, 0.15) is 20.3 Å². The highest BCUT2D eigenvalue weighted by Crippen LogP contribution is 2.32. The lowest BCUT2D eigenvalue weighted by molar-refractivity contribution is 0.190. The molecule has 0 radical (unpaired) electrons. The van der Waals surface area contributed by atoms with Crippen LogP contribution in [0.25, 0.3) is 10.9 Å². The number of aliphatic hydroxyl groups is 1. The molecule has 0 spiro atoms. The molecule has 0 aliphatic carbocycles. The Morgan fingerprint density at radius 1 is 1.45 bits per heavy atom. The van der Waals surface area contributed by atoms with E-state index in [-0.39, 0.29) is 18.4 Å². The van der Waals surface area contributed by atoms with Gasteiger partial charge in [-0.05, 0) is 32.4 Å². The summed E-state index contributed by atoms with van der Waals surface area (Å²) in [7, 11) is 0. The number of nitrogens with one attached hydrogen (secondary N) is 1. The molecule has 22 heavy (non-hydrogen) atoms. The maximum absolute atomic E-state index is 11.5. The summed E-state index contributed by atoms with van der Waals surface area (Å²) in [5.74, 6) is 0.00119. The van der Waals surface area contributed by atoms with Gasteiger partial charge in [0.15, 0.2) is 0 Å². The molecule has 120 valence electrons. The molecule has 0 saturated heterocycles. The number of hydrogen-bond acceptors (Lipinski definition) is 5. The van der Waals surface area contributed by atoms with Crippen molar-refractivity contribution < 1.29 is 20.1 Å². The van der Waals surface area contributed by atoms with E-state index in [2.05, 4.69) is 10.4 Å². The largest absolute Gasteiger partial charge is 0.506 e. The molecule has 0 aliphatic heterocycles.